The van der Waals surface area contributed by atoms with E-state index in [-0.39, 0.29) is 12.1 Å². The topological polar surface area (TPSA) is 105 Å². The van der Waals surface area contributed by atoms with Crippen LogP contribution in [0.1, 0.15) is 24.2 Å². The summed E-state index contributed by atoms with van der Waals surface area (Å²) >= 11 is 0. The molecule has 226 valence electrons. The van der Waals surface area contributed by atoms with E-state index >= 15 is 0 Å². The number of morpholine rings is 1. The van der Waals surface area contributed by atoms with Crippen molar-refractivity contribution < 1.29 is 32.6 Å². The van der Waals surface area contributed by atoms with Gasteiger partial charge in [0.1, 0.15) is 17.4 Å². The van der Waals surface area contributed by atoms with Crippen LogP contribution in [0.2, 0.25) is 0 Å². The lowest BCUT2D eigenvalue weighted by molar-refractivity contribution is -0.155. The van der Waals surface area contributed by atoms with Crippen LogP contribution in [0.4, 0.5) is 14.5 Å². The van der Waals surface area contributed by atoms with Crippen molar-refractivity contribution >= 4 is 23.4 Å². The largest absolute Gasteiger partial charge is 0.481 e. The summed E-state index contributed by atoms with van der Waals surface area (Å²) in [5.41, 5.74) is 7.08. The minimum atomic E-state index is -1.47. The van der Waals surface area contributed by atoms with Crippen molar-refractivity contribution in [2.45, 2.75) is 31.5 Å². The molecule has 3 amide bonds. The third-order valence-electron chi connectivity index (χ3n) is 7.54. The quantitative estimate of drug-likeness (QED) is 0.429. The van der Waals surface area contributed by atoms with Crippen LogP contribution in [-0.2, 0) is 25.5 Å². The third-order valence-corrected chi connectivity index (χ3v) is 7.54. The van der Waals surface area contributed by atoms with Gasteiger partial charge < -0.3 is 20.1 Å². The average Bonchev–Trinajstić information content (AvgIpc) is 3.11. The van der Waals surface area contributed by atoms with Gasteiger partial charge in [-0.25, -0.2) is 8.78 Å². The number of hydrogen-bond acceptors (Lipinski definition) is 7. The van der Waals surface area contributed by atoms with Gasteiger partial charge in [0, 0.05) is 32.2 Å². The van der Waals surface area contributed by atoms with Gasteiger partial charge in [-0.05, 0) is 42.3 Å². The summed E-state index contributed by atoms with van der Waals surface area (Å²) in [7, 11) is 0. The maximum absolute atomic E-state index is 14.7. The second-order valence-corrected chi connectivity index (χ2v) is 10.7. The fourth-order valence-electron chi connectivity index (χ4n) is 5.43. The number of carbonyl (C=O) groups excluding carboxylic acids is 3. The summed E-state index contributed by atoms with van der Waals surface area (Å²) in [6.45, 7) is 4.75. The minimum absolute atomic E-state index is 0.00989. The number of nitrogens with two attached hydrogens (primary N) is 1. The molecule has 1 saturated heterocycles. The fourth-order valence-corrected chi connectivity index (χ4v) is 5.43. The number of anilines is 1. The number of rotatable bonds is 8. The lowest BCUT2D eigenvalue weighted by Gasteiger charge is -2.36. The number of amides is 3. The van der Waals surface area contributed by atoms with E-state index in [1.807, 2.05) is 0 Å². The van der Waals surface area contributed by atoms with Crippen molar-refractivity contribution in [2.75, 3.05) is 44.3 Å². The number of para-hydroxylation sites is 2. The van der Waals surface area contributed by atoms with E-state index in [0.29, 0.717) is 55.9 Å². The predicted molar refractivity (Wildman–Crippen MR) is 155 cm³/mol. The zero-order chi connectivity index (χ0) is 30.5. The number of nitrogens with zero attached hydrogens (tertiary/aromatic N) is 3. The molecule has 0 aromatic heterocycles. The summed E-state index contributed by atoms with van der Waals surface area (Å²) < 4.78 is 40.0. The van der Waals surface area contributed by atoms with Gasteiger partial charge in [0.15, 0.2) is 12.1 Å². The maximum atomic E-state index is 14.7. The Morgan fingerprint density at radius 3 is 2.30 bits per heavy atom. The predicted octanol–water partition coefficient (Wildman–Crippen LogP) is 3.08. The highest BCUT2D eigenvalue weighted by Crippen LogP contribution is 2.39. The van der Waals surface area contributed by atoms with Crippen LogP contribution in [0.15, 0.2) is 72.8 Å². The van der Waals surface area contributed by atoms with Crippen molar-refractivity contribution in [3.05, 3.63) is 95.6 Å². The molecule has 3 aromatic rings. The Balaban J connectivity index is 1.60. The number of fused-ring (bicyclic) bond motifs is 1. The van der Waals surface area contributed by atoms with E-state index < -0.39 is 54.0 Å². The Kier molecular flexibility index (Phi) is 9.44. The Morgan fingerprint density at radius 1 is 0.977 bits per heavy atom. The Hall–Kier alpha value is -4.19. The Bertz CT molecular complexity index is 1440. The van der Waals surface area contributed by atoms with Crippen LogP contribution in [-0.4, -0.2) is 79.0 Å². The monoisotopic (exact) mass is 592 g/mol. The highest BCUT2D eigenvalue weighted by molar-refractivity contribution is 6.07. The number of ether oxygens (including phenoxy) is 2. The van der Waals surface area contributed by atoms with Gasteiger partial charge in [-0.2, -0.15) is 0 Å². The van der Waals surface area contributed by atoms with Crippen molar-refractivity contribution in [1.82, 2.24) is 9.80 Å². The van der Waals surface area contributed by atoms with Crippen molar-refractivity contribution in [3.63, 3.8) is 0 Å². The van der Waals surface area contributed by atoms with Crippen LogP contribution >= 0.6 is 0 Å². The van der Waals surface area contributed by atoms with Gasteiger partial charge in [-0.1, -0.05) is 42.5 Å². The molecule has 2 N–H and O–H groups in total. The first kappa shape index (κ1) is 30.3. The molecule has 0 aliphatic carbocycles. The molecule has 2 aliphatic heterocycles. The van der Waals surface area contributed by atoms with Crippen LogP contribution in [0, 0.1) is 11.6 Å². The lowest BCUT2D eigenvalue weighted by atomic mass is 9.97. The molecule has 0 spiro atoms. The maximum Gasteiger partial charge on any atom is 0.254 e. The van der Waals surface area contributed by atoms with Crippen molar-refractivity contribution in [2.24, 2.45) is 5.73 Å². The first-order chi connectivity index (χ1) is 20.7. The van der Waals surface area contributed by atoms with Crippen LogP contribution in [0.25, 0.3) is 0 Å². The number of halogens is 2. The second kappa shape index (κ2) is 13.4. The third kappa shape index (κ3) is 6.90. The van der Waals surface area contributed by atoms with Crippen LogP contribution in [0.3, 0.4) is 0 Å². The number of imide groups is 1. The van der Waals surface area contributed by atoms with Gasteiger partial charge >= 0.3 is 0 Å². The van der Waals surface area contributed by atoms with Gasteiger partial charge in [0.2, 0.25) is 11.8 Å². The summed E-state index contributed by atoms with van der Waals surface area (Å²) in [5, 5.41) is 0. The molecule has 1 fully saturated rings. The van der Waals surface area contributed by atoms with Gasteiger partial charge in [0.05, 0.1) is 31.4 Å². The zero-order valence-electron chi connectivity index (χ0n) is 23.8. The highest BCUT2D eigenvalue weighted by atomic mass is 19.1. The Labute approximate surface area is 248 Å². The molecule has 0 saturated carbocycles. The van der Waals surface area contributed by atoms with Crippen molar-refractivity contribution in [1.29, 1.82) is 0 Å². The molecule has 2 aliphatic rings. The molecule has 3 atom stereocenters. The summed E-state index contributed by atoms with van der Waals surface area (Å²) in [4.78, 5) is 46.9. The summed E-state index contributed by atoms with van der Waals surface area (Å²) in [6, 6.07) is 16.0. The first-order valence-electron chi connectivity index (χ1n) is 14.2. The van der Waals surface area contributed by atoms with Crippen LogP contribution in [0.5, 0.6) is 5.75 Å². The molecule has 0 bridgehead atoms. The summed E-state index contributed by atoms with van der Waals surface area (Å²) in [6.07, 6.45) is -1.64. The molecule has 11 heteroatoms. The molecule has 5 rings (SSSR count). The standard InChI is InChI=1S/C32H34F2N4O5/c1-21(35)31(40)38(28(39)19-22-17-24(33)20-25(34)18-22)29-30(23-7-3-2-4-8-23)43-27-10-6-5-9-26(27)37(32(29)41)12-11-36-13-15-42-16-14-36/h2-10,17-18,20-21,29-30H,11-16,19,35H2,1H3/t21-,29+,30-/m0/s1. The molecule has 2 heterocycles. The van der Waals surface area contributed by atoms with Crippen LogP contribution < -0.4 is 15.4 Å². The molecular formula is C32H34F2N4O5. The minimum Gasteiger partial charge on any atom is -0.481 e. The summed E-state index contributed by atoms with van der Waals surface area (Å²) in [5.74, 6) is -3.53. The van der Waals surface area contributed by atoms with E-state index in [4.69, 9.17) is 15.2 Å². The number of benzene rings is 3. The molecule has 9 nitrogen and oxygen atoms in total. The SMILES string of the molecule is C[C@H](N)C(=O)N(C(=O)Cc1cc(F)cc(F)c1)[C@H]1C(=O)N(CCN2CCOCC2)c2ccccc2O[C@H]1c1ccccc1. The van der Waals surface area contributed by atoms with Gasteiger partial charge in [-0.3, -0.25) is 24.2 Å². The average molecular weight is 593 g/mol. The Morgan fingerprint density at radius 2 is 1.63 bits per heavy atom. The molecule has 3 aromatic carbocycles. The fraction of sp³-hybridized carbons (Fsp3) is 0.344. The molecule has 0 radical (unpaired) electrons. The second-order valence-electron chi connectivity index (χ2n) is 10.7. The van der Waals surface area contributed by atoms with Gasteiger partial charge in [0.25, 0.3) is 5.91 Å². The van der Waals surface area contributed by atoms with E-state index in [9.17, 15) is 23.2 Å². The van der Waals surface area contributed by atoms with E-state index in [2.05, 4.69) is 4.90 Å². The molecule has 43 heavy (non-hydrogen) atoms. The van der Waals surface area contributed by atoms with Crippen molar-refractivity contribution in [3.8, 4) is 5.75 Å². The number of carbonyl (C=O) groups is 3. The highest BCUT2D eigenvalue weighted by Gasteiger charge is 2.47. The van der Waals surface area contributed by atoms with E-state index in [1.54, 1.807) is 54.6 Å². The first-order valence-corrected chi connectivity index (χ1v) is 14.2. The molecule has 0 unspecified atom stereocenters. The smallest absolute Gasteiger partial charge is 0.254 e. The van der Waals surface area contributed by atoms with Gasteiger partial charge in [-0.15, -0.1) is 0 Å². The molecular weight excluding hydrogens is 558 g/mol. The number of hydrogen-bond donors (Lipinski definition) is 1. The van der Waals surface area contributed by atoms with E-state index in [0.717, 1.165) is 17.0 Å². The van der Waals surface area contributed by atoms with E-state index in [1.165, 1.54) is 11.8 Å². The normalized spacial score (nSPS) is 19.6. The lowest BCUT2D eigenvalue weighted by Crippen LogP contribution is -2.59. The zero-order valence-corrected chi connectivity index (χ0v) is 23.8.